The molecule has 1 saturated heterocycles. The van der Waals surface area contributed by atoms with Crippen molar-refractivity contribution in [2.75, 3.05) is 13.2 Å². The zero-order valence-electron chi connectivity index (χ0n) is 11.5. The fraction of sp³-hybridized carbons (Fsp3) is 0.600. The minimum absolute atomic E-state index is 0.236. The number of benzene rings is 1. The summed E-state index contributed by atoms with van der Waals surface area (Å²) in [4.78, 5) is 0. The molecule has 2 nitrogen and oxygen atoms in total. The van der Waals surface area contributed by atoms with E-state index in [0.717, 1.165) is 25.5 Å². The molecule has 0 radical (unpaired) electrons. The van der Waals surface area contributed by atoms with Crippen molar-refractivity contribution in [2.45, 2.75) is 38.6 Å². The summed E-state index contributed by atoms with van der Waals surface area (Å²) >= 11 is 0. The van der Waals surface area contributed by atoms with Crippen LogP contribution < -0.4 is 5.32 Å². The van der Waals surface area contributed by atoms with E-state index in [1.54, 1.807) is 6.07 Å². The van der Waals surface area contributed by atoms with Crippen LogP contribution in [0, 0.1) is 5.92 Å². The van der Waals surface area contributed by atoms with Crippen molar-refractivity contribution in [2.24, 2.45) is 5.92 Å². The van der Waals surface area contributed by atoms with Gasteiger partial charge in [0.05, 0.1) is 11.7 Å². The number of alkyl halides is 3. The molecule has 1 N–H and O–H groups in total. The number of nitrogens with one attached hydrogen (secondary N) is 1. The van der Waals surface area contributed by atoms with Gasteiger partial charge >= 0.3 is 6.18 Å². The third-order valence-electron chi connectivity index (χ3n) is 3.79. The highest BCUT2D eigenvalue weighted by Crippen LogP contribution is 2.31. The monoisotopic (exact) mass is 287 g/mol. The van der Waals surface area contributed by atoms with Gasteiger partial charge in [0, 0.05) is 19.7 Å². The Hall–Kier alpha value is -1.07. The van der Waals surface area contributed by atoms with Gasteiger partial charge in [0.15, 0.2) is 0 Å². The van der Waals surface area contributed by atoms with Crippen LogP contribution in [-0.2, 0) is 17.5 Å². The summed E-state index contributed by atoms with van der Waals surface area (Å²) in [5, 5.41) is 3.14. The van der Waals surface area contributed by atoms with Gasteiger partial charge in [-0.3, -0.25) is 0 Å². The van der Waals surface area contributed by atoms with Crippen LogP contribution in [0.4, 0.5) is 13.2 Å². The Labute approximate surface area is 117 Å². The highest BCUT2D eigenvalue weighted by molar-refractivity contribution is 5.29. The molecule has 0 aromatic heterocycles. The molecular formula is C15H20F3NO. The van der Waals surface area contributed by atoms with E-state index in [1.165, 1.54) is 12.1 Å². The Kier molecular flexibility index (Phi) is 5.05. The van der Waals surface area contributed by atoms with E-state index in [-0.39, 0.29) is 12.6 Å². The van der Waals surface area contributed by atoms with Gasteiger partial charge in [-0.25, -0.2) is 0 Å². The van der Waals surface area contributed by atoms with Gasteiger partial charge in [-0.05, 0) is 30.4 Å². The number of hydrogen-bond donors (Lipinski definition) is 1. The fourth-order valence-electron chi connectivity index (χ4n) is 2.72. The Morgan fingerprint density at radius 3 is 2.75 bits per heavy atom. The normalized spacial score (nSPS) is 23.2. The standard InChI is InChI=1S/C15H20F3NO/c1-2-14-12(7-8-20-14)10-19-9-11-5-3-4-6-13(11)15(16,17)18/h3-6,12,14,19H,2,7-10H2,1H3. The first-order valence-corrected chi connectivity index (χ1v) is 6.99. The van der Waals surface area contributed by atoms with Gasteiger partial charge < -0.3 is 10.1 Å². The molecule has 1 aliphatic heterocycles. The summed E-state index contributed by atoms with van der Waals surface area (Å²) in [7, 11) is 0. The van der Waals surface area contributed by atoms with Gasteiger partial charge in [-0.15, -0.1) is 0 Å². The molecule has 1 heterocycles. The first-order valence-electron chi connectivity index (χ1n) is 6.99. The Bertz CT molecular complexity index is 433. The number of hydrogen-bond acceptors (Lipinski definition) is 2. The van der Waals surface area contributed by atoms with Crippen LogP contribution in [0.2, 0.25) is 0 Å². The van der Waals surface area contributed by atoms with Crippen molar-refractivity contribution in [1.82, 2.24) is 5.32 Å². The van der Waals surface area contributed by atoms with E-state index in [4.69, 9.17) is 4.74 Å². The van der Waals surface area contributed by atoms with Crippen molar-refractivity contribution in [3.05, 3.63) is 35.4 Å². The topological polar surface area (TPSA) is 21.3 Å². The predicted octanol–water partition coefficient (Wildman–Crippen LogP) is 3.61. The molecule has 0 amide bonds. The van der Waals surface area contributed by atoms with Crippen LogP contribution in [-0.4, -0.2) is 19.3 Å². The number of rotatable bonds is 5. The molecule has 0 bridgehead atoms. The van der Waals surface area contributed by atoms with Crippen molar-refractivity contribution in [3.8, 4) is 0 Å². The van der Waals surface area contributed by atoms with Gasteiger partial charge in [0.25, 0.3) is 0 Å². The average molecular weight is 287 g/mol. The SMILES string of the molecule is CCC1OCCC1CNCc1ccccc1C(F)(F)F. The summed E-state index contributed by atoms with van der Waals surface area (Å²) in [5.74, 6) is 0.401. The van der Waals surface area contributed by atoms with E-state index in [1.807, 2.05) is 0 Å². The van der Waals surface area contributed by atoms with E-state index >= 15 is 0 Å². The number of halogens is 3. The molecule has 1 aromatic carbocycles. The molecule has 0 aliphatic carbocycles. The average Bonchev–Trinajstić information content (AvgIpc) is 2.85. The minimum atomic E-state index is -4.29. The Balaban J connectivity index is 1.91. The van der Waals surface area contributed by atoms with Crippen LogP contribution in [0.1, 0.15) is 30.9 Å². The second-order valence-electron chi connectivity index (χ2n) is 5.15. The Morgan fingerprint density at radius 2 is 2.05 bits per heavy atom. The smallest absolute Gasteiger partial charge is 0.378 e. The first-order chi connectivity index (χ1) is 9.52. The van der Waals surface area contributed by atoms with Crippen molar-refractivity contribution < 1.29 is 17.9 Å². The third-order valence-corrected chi connectivity index (χ3v) is 3.79. The maximum atomic E-state index is 12.8. The molecule has 1 aromatic rings. The summed E-state index contributed by atoms with van der Waals surface area (Å²) in [6, 6.07) is 5.72. The first kappa shape index (κ1) is 15.3. The van der Waals surface area contributed by atoms with Gasteiger partial charge in [-0.1, -0.05) is 25.1 Å². The van der Waals surface area contributed by atoms with Crippen molar-refractivity contribution in [1.29, 1.82) is 0 Å². The van der Waals surface area contributed by atoms with Crippen LogP contribution in [0.25, 0.3) is 0 Å². The molecule has 2 unspecified atom stereocenters. The minimum Gasteiger partial charge on any atom is -0.378 e. The molecule has 5 heteroatoms. The maximum Gasteiger partial charge on any atom is 0.416 e. The lowest BCUT2D eigenvalue weighted by atomic mass is 9.99. The second-order valence-corrected chi connectivity index (χ2v) is 5.15. The molecular weight excluding hydrogens is 267 g/mol. The highest BCUT2D eigenvalue weighted by atomic mass is 19.4. The van der Waals surface area contributed by atoms with Crippen molar-refractivity contribution in [3.63, 3.8) is 0 Å². The lowest BCUT2D eigenvalue weighted by molar-refractivity contribution is -0.138. The maximum absolute atomic E-state index is 12.8. The van der Waals surface area contributed by atoms with E-state index in [0.29, 0.717) is 18.0 Å². The molecule has 1 fully saturated rings. The fourth-order valence-corrected chi connectivity index (χ4v) is 2.72. The zero-order valence-corrected chi connectivity index (χ0v) is 11.5. The number of ether oxygens (including phenoxy) is 1. The van der Waals surface area contributed by atoms with E-state index in [9.17, 15) is 13.2 Å². The molecule has 112 valence electrons. The van der Waals surface area contributed by atoms with Crippen LogP contribution in [0.5, 0.6) is 0 Å². The zero-order chi connectivity index (χ0) is 14.6. The molecule has 1 aliphatic rings. The molecule has 0 spiro atoms. The molecule has 0 saturated carbocycles. The van der Waals surface area contributed by atoms with Crippen LogP contribution in [0.3, 0.4) is 0 Å². The molecule has 2 rings (SSSR count). The molecule has 2 atom stereocenters. The van der Waals surface area contributed by atoms with E-state index < -0.39 is 11.7 Å². The highest BCUT2D eigenvalue weighted by Gasteiger charge is 2.33. The summed E-state index contributed by atoms with van der Waals surface area (Å²) in [5.41, 5.74) is -0.255. The summed E-state index contributed by atoms with van der Waals surface area (Å²) < 4.78 is 44.1. The summed E-state index contributed by atoms with van der Waals surface area (Å²) in [6.07, 6.45) is -2.13. The van der Waals surface area contributed by atoms with Gasteiger partial charge in [0.1, 0.15) is 0 Å². The van der Waals surface area contributed by atoms with Crippen LogP contribution >= 0.6 is 0 Å². The Morgan fingerprint density at radius 1 is 1.30 bits per heavy atom. The predicted molar refractivity (Wildman–Crippen MR) is 71.3 cm³/mol. The second kappa shape index (κ2) is 6.59. The third kappa shape index (κ3) is 3.73. The molecule has 20 heavy (non-hydrogen) atoms. The summed E-state index contributed by atoms with van der Waals surface area (Å²) in [6.45, 7) is 3.76. The lowest BCUT2D eigenvalue weighted by Crippen LogP contribution is -2.28. The van der Waals surface area contributed by atoms with Gasteiger partial charge in [-0.2, -0.15) is 13.2 Å². The van der Waals surface area contributed by atoms with Crippen molar-refractivity contribution >= 4 is 0 Å². The largest absolute Gasteiger partial charge is 0.416 e. The van der Waals surface area contributed by atoms with E-state index in [2.05, 4.69) is 12.2 Å². The lowest BCUT2D eigenvalue weighted by Gasteiger charge is -2.18. The quantitative estimate of drug-likeness (QED) is 0.893. The van der Waals surface area contributed by atoms with Crippen LogP contribution in [0.15, 0.2) is 24.3 Å². The van der Waals surface area contributed by atoms with Gasteiger partial charge in [0.2, 0.25) is 0 Å².